The van der Waals surface area contributed by atoms with Crippen LogP contribution in [0.4, 0.5) is 5.82 Å². The molecule has 2 aromatic heterocycles. The van der Waals surface area contributed by atoms with Crippen LogP contribution in [-0.4, -0.2) is 45.7 Å². The minimum absolute atomic E-state index is 0.0818. The lowest BCUT2D eigenvalue weighted by atomic mass is 9.81. The maximum absolute atomic E-state index is 6.63. The number of anilines is 1. The zero-order valence-electron chi connectivity index (χ0n) is 21.8. The molecule has 0 saturated carbocycles. The lowest BCUT2D eigenvalue weighted by Crippen LogP contribution is -2.51. The number of hydrogen-bond donors (Lipinski definition) is 0. The molecule has 4 heterocycles. The molecule has 0 N–H and O–H groups in total. The second-order valence-electron chi connectivity index (χ2n) is 10.2. The summed E-state index contributed by atoms with van der Waals surface area (Å²) in [6, 6.07) is 22.3. The summed E-state index contributed by atoms with van der Waals surface area (Å²) in [5.41, 5.74) is 2.66. The van der Waals surface area contributed by atoms with Crippen molar-refractivity contribution in [2.75, 3.05) is 24.6 Å². The van der Waals surface area contributed by atoms with Crippen LogP contribution < -0.4 is 9.64 Å². The van der Waals surface area contributed by atoms with Crippen molar-refractivity contribution in [2.24, 2.45) is 0 Å². The van der Waals surface area contributed by atoms with Gasteiger partial charge in [-0.3, -0.25) is 0 Å². The molecule has 1 atom stereocenters. The number of unbranched alkanes of at least 4 members (excludes halogenated alkanes) is 1. The smallest absolute Gasteiger partial charge is 0.268 e. The molecule has 0 amide bonds. The van der Waals surface area contributed by atoms with Gasteiger partial charge in [-0.2, -0.15) is 0 Å². The fourth-order valence-electron chi connectivity index (χ4n) is 5.34. The van der Waals surface area contributed by atoms with E-state index in [9.17, 15) is 0 Å². The predicted octanol–water partition coefficient (Wildman–Crippen LogP) is 5.80. The molecule has 8 nitrogen and oxygen atoms in total. The Morgan fingerprint density at radius 1 is 0.921 bits per heavy atom. The standard InChI is InChI=1S/C30H33N5O3/c1-2-3-19-36-26-21-30(38-25-12-8-7-11-23(25)26)15-17-35(18-16-30)27-14-13-24(31-32-27)29-34-33-28(37-29)20-22-9-5-4-6-10-22/h4-14,26H,2-3,15-21H2,1H3. The Morgan fingerprint density at radius 3 is 2.53 bits per heavy atom. The van der Waals surface area contributed by atoms with E-state index in [-0.39, 0.29) is 11.7 Å². The zero-order chi connectivity index (χ0) is 25.8. The lowest BCUT2D eigenvalue weighted by molar-refractivity contribution is -0.0597. The van der Waals surface area contributed by atoms with E-state index in [1.54, 1.807) is 0 Å². The van der Waals surface area contributed by atoms with Crippen LogP contribution in [0.5, 0.6) is 5.75 Å². The normalized spacial score (nSPS) is 18.2. The van der Waals surface area contributed by atoms with E-state index in [0.717, 1.165) is 68.9 Å². The molecule has 2 aromatic carbocycles. The molecule has 196 valence electrons. The summed E-state index contributed by atoms with van der Waals surface area (Å²) in [7, 11) is 0. The molecule has 6 rings (SSSR count). The van der Waals surface area contributed by atoms with Gasteiger partial charge in [0.25, 0.3) is 5.89 Å². The van der Waals surface area contributed by atoms with Crippen LogP contribution in [0.15, 0.2) is 71.1 Å². The zero-order valence-corrected chi connectivity index (χ0v) is 21.8. The van der Waals surface area contributed by atoms with Crippen LogP contribution in [0.2, 0.25) is 0 Å². The number of rotatable bonds is 8. The Morgan fingerprint density at radius 2 is 1.74 bits per heavy atom. The number of nitrogens with zero attached hydrogens (tertiary/aromatic N) is 5. The first-order valence-electron chi connectivity index (χ1n) is 13.6. The predicted molar refractivity (Wildman–Crippen MR) is 144 cm³/mol. The van der Waals surface area contributed by atoms with E-state index < -0.39 is 0 Å². The lowest BCUT2D eigenvalue weighted by Gasteiger charge is -2.46. The maximum Gasteiger partial charge on any atom is 0.268 e. The van der Waals surface area contributed by atoms with E-state index in [0.29, 0.717) is 23.9 Å². The summed E-state index contributed by atoms with van der Waals surface area (Å²) in [6.45, 7) is 4.67. The van der Waals surface area contributed by atoms with Crippen molar-refractivity contribution in [2.45, 2.75) is 57.2 Å². The van der Waals surface area contributed by atoms with Crippen LogP contribution in [0.3, 0.4) is 0 Å². The molecule has 2 aliphatic rings. The average Bonchev–Trinajstić information content (AvgIpc) is 3.43. The molecule has 1 saturated heterocycles. The first-order chi connectivity index (χ1) is 18.7. The van der Waals surface area contributed by atoms with Crippen molar-refractivity contribution >= 4 is 5.82 Å². The number of para-hydroxylation sites is 1. The minimum atomic E-state index is -0.214. The highest BCUT2D eigenvalue weighted by Crippen LogP contribution is 2.46. The van der Waals surface area contributed by atoms with Crippen molar-refractivity contribution in [1.29, 1.82) is 0 Å². The third-order valence-electron chi connectivity index (χ3n) is 7.50. The third-order valence-corrected chi connectivity index (χ3v) is 7.50. The Labute approximate surface area is 223 Å². The highest BCUT2D eigenvalue weighted by Gasteiger charge is 2.44. The van der Waals surface area contributed by atoms with Crippen molar-refractivity contribution in [1.82, 2.24) is 20.4 Å². The Bertz CT molecular complexity index is 1330. The van der Waals surface area contributed by atoms with Gasteiger partial charge in [-0.05, 0) is 30.2 Å². The molecule has 4 aromatic rings. The van der Waals surface area contributed by atoms with E-state index in [1.165, 1.54) is 5.56 Å². The van der Waals surface area contributed by atoms with Gasteiger partial charge in [0, 0.05) is 44.5 Å². The number of ether oxygens (including phenoxy) is 2. The van der Waals surface area contributed by atoms with Gasteiger partial charge in [-0.15, -0.1) is 20.4 Å². The summed E-state index contributed by atoms with van der Waals surface area (Å²) in [6.07, 6.45) is 5.58. The van der Waals surface area contributed by atoms with Gasteiger partial charge in [0.05, 0.1) is 12.5 Å². The first kappa shape index (κ1) is 24.6. The van der Waals surface area contributed by atoms with Crippen molar-refractivity contribution < 1.29 is 13.9 Å². The fourth-order valence-corrected chi connectivity index (χ4v) is 5.34. The number of aromatic nitrogens is 4. The number of benzene rings is 2. The highest BCUT2D eigenvalue weighted by molar-refractivity contribution is 5.49. The SMILES string of the molecule is CCCCOC1CC2(CCN(c3ccc(-c4nnc(Cc5ccccc5)o4)nn3)CC2)Oc2ccccc21. The van der Waals surface area contributed by atoms with Gasteiger partial charge >= 0.3 is 0 Å². The molecular weight excluding hydrogens is 478 g/mol. The molecular formula is C30H33N5O3. The molecule has 2 aliphatic heterocycles. The largest absolute Gasteiger partial charge is 0.487 e. The molecule has 0 aliphatic carbocycles. The molecule has 0 bridgehead atoms. The van der Waals surface area contributed by atoms with Crippen LogP contribution in [0.1, 0.15) is 62.1 Å². The van der Waals surface area contributed by atoms with Gasteiger partial charge in [-0.1, -0.05) is 61.9 Å². The third kappa shape index (κ3) is 5.27. The number of fused-ring (bicyclic) bond motifs is 1. The Balaban J connectivity index is 1.10. The van der Waals surface area contributed by atoms with Crippen LogP contribution in [0.25, 0.3) is 11.6 Å². The maximum atomic E-state index is 6.63. The van der Waals surface area contributed by atoms with Crippen LogP contribution >= 0.6 is 0 Å². The number of hydrogen-bond acceptors (Lipinski definition) is 8. The van der Waals surface area contributed by atoms with Gasteiger partial charge < -0.3 is 18.8 Å². The van der Waals surface area contributed by atoms with E-state index in [2.05, 4.69) is 50.4 Å². The quantitative estimate of drug-likeness (QED) is 0.275. The monoisotopic (exact) mass is 511 g/mol. The van der Waals surface area contributed by atoms with E-state index in [4.69, 9.17) is 13.9 Å². The Hall–Kier alpha value is -3.78. The second kappa shape index (κ2) is 10.9. The fraction of sp³-hybridized carbons (Fsp3) is 0.400. The Kier molecular flexibility index (Phi) is 7.05. The van der Waals surface area contributed by atoms with Gasteiger partial charge in [0.15, 0.2) is 5.82 Å². The first-order valence-corrected chi connectivity index (χ1v) is 13.6. The van der Waals surface area contributed by atoms with Crippen molar-refractivity contribution in [3.63, 3.8) is 0 Å². The summed E-state index contributed by atoms with van der Waals surface area (Å²) in [5, 5.41) is 17.2. The van der Waals surface area contributed by atoms with E-state index >= 15 is 0 Å². The molecule has 38 heavy (non-hydrogen) atoms. The van der Waals surface area contributed by atoms with E-state index in [1.807, 2.05) is 48.5 Å². The van der Waals surface area contributed by atoms with Gasteiger partial charge in [0.1, 0.15) is 17.0 Å². The summed E-state index contributed by atoms with van der Waals surface area (Å²) < 4.78 is 18.8. The van der Waals surface area contributed by atoms with Crippen LogP contribution in [-0.2, 0) is 11.2 Å². The summed E-state index contributed by atoms with van der Waals surface area (Å²) in [4.78, 5) is 2.27. The average molecular weight is 512 g/mol. The number of piperidine rings is 1. The molecule has 8 heteroatoms. The van der Waals surface area contributed by atoms with Crippen molar-refractivity contribution in [3.8, 4) is 17.3 Å². The summed E-state index contributed by atoms with van der Waals surface area (Å²) in [5.74, 6) is 2.75. The molecule has 1 unspecified atom stereocenters. The van der Waals surface area contributed by atoms with Gasteiger partial charge in [-0.25, -0.2) is 0 Å². The summed E-state index contributed by atoms with van der Waals surface area (Å²) >= 11 is 0. The van der Waals surface area contributed by atoms with Crippen molar-refractivity contribution in [3.05, 3.63) is 83.7 Å². The highest BCUT2D eigenvalue weighted by atomic mass is 16.5. The molecule has 0 radical (unpaired) electrons. The molecule has 1 spiro atoms. The van der Waals surface area contributed by atoms with Gasteiger partial charge in [0.2, 0.25) is 5.89 Å². The van der Waals surface area contributed by atoms with Crippen LogP contribution in [0, 0.1) is 0 Å². The topological polar surface area (TPSA) is 86.4 Å². The second-order valence-corrected chi connectivity index (χ2v) is 10.2. The molecule has 1 fully saturated rings. The minimum Gasteiger partial charge on any atom is -0.487 e.